The highest BCUT2D eigenvalue weighted by atomic mass is 35.5. The predicted octanol–water partition coefficient (Wildman–Crippen LogP) is 4.91. The van der Waals surface area contributed by atoms with Gasteiger partial charge in [0.2, 0.25) is 11.7 Å². The number of methoxy groups -OCH3 is 1. The first-order valence-electron chi connectivity index (χ1n) is 14.7. The Kier molecular flexibility index (Phi) is 8.09. The number of aliphatic hydroxyl groups is 1. The molecule has 2 aliphatic rings. The fourth-order valence-electron chi connectivity index (χ4n) is 5.57. The molecule has 2 heterocycles. The Morgan fingerprint density at radius 3 is 2.57 bits per heavy atom. The minimum Gasteiger partial charge on any atom is -0.494 e. The van der Waals surface area contributed by atoms with Crippen LogP contribution in [0.25, 0.3) is 22.2 Å². The van der Waals surface area contributed by atoms with Gasteiger partial charge >= 0.3 is 0 Å². The van der Waals surface area contributed by atoms with Crippen molar-refractivity contribution in [1.82, 2.24) is 20.1 Å². The van der Waals surface area contributed by atoms with Crippen LogP contribution >= 0.6 is 11.6 Å². The van der Waals surface area contributed by atoms with E-state index >= 15 is 4.39 Å². The summed E-state index contributed by atoms with van der Waals surface area (Å²) in [7, 11) is 1.42. The minimum absolute atomic E-state index is 0.0241. The number of nitrogens with one attached hydrogen (secondary N) is 1. The fraction of sp³-hybridized carbons (Fsp3) is 0.375. The third kappa shape index (κ3) is 5.84. The zero-order chi connectivity index (χ0) is 33.0. The molecule has 46 heavy (non-hydrogen) atoms. The van der Waals surface area contributed by atoms with E-state index in [1.165, 1.54) is 30.1 Å². The summed E-state index contributed by atoms with van der Waals surface area (Å²) in [5.74, 6) is -4.85. The van der Waals surface area contributed by atoms with Crippen LogP contribution in [0.3, 0.4) is 0 Å². The number of rotatable bonds is 12. The lowest BCUT2D eigenvalue weighted by atomic mass is 9.90. The Labute approximate surface area is 266 Å². The second kappa shape index (κ2) is 11.8. The number of alkyl halides is 1. The molecule has 2 fully saturated rings. The summed E-state index contributed by atoms with van der Waals surface area (Å²) in [5, 5.41) is 19.3. The number of fused-ring (bicyclic) bond motifs is 1. The van der Waals surface area contributed by atoms with Gasteiger partial charge in [0, 0.05) is 47.2 Å². The lowest BCUT2D eigenvalue weighted by Gasteiger charge is -2.30. The Bertz CT molecular complexity index is 1880. The number of nitrogens with two attached hydrogens (primary N) is 1. The van der Waals surface area contributed by atoms with Crippen LogP contribution < -0.4 is 20.5 Å². The van der Waals surface area contributed by atoms with E-state index in [0.717, 1.165) is 6.07 Å². The molecule has 4 aromatic rings. The standard InChI is InChI=1S/C32H31ClF3N5O5/c1-3-46-29-16(11-26(37)42)10-25(39-28(29)20-12-21(33)23(35)13-22(20)34)32(44,19-4-5-19)15-38-30(43)17-8-18-14-41(31(36)6-7-31)40-27(18)24(9-17)45-2/h8-10,12-14,19,44H,3-7,11,15H2,1-2H3,(H2,37,42)(H,38,43)/t32-/m1/s1. The quantitative estimate of drug-likeness (QED) is 0.184. The molecular weight excluding hydrogens is 627 g/mol. The van der Waals surface area contributed by atoms with E-state index in [0.29, 0.717) is 42.7 Å². The number of carbonyl (C=O) groups is 2. The van der Waals surface area contributed by atoms with Crippen molar-refractivity contribution >= 4 is 34.3 Å². The number of halogens is 4. The molecule has 10 nitrogen and oxygen atoms in total. The van der Waals surface area contributed by atoms with E-state index in [9.17, 15) is 23.5 Å². The number of hydrogen-bond acceptors (Lipinski definition) is 7. The first-order valence-corrected chi connectivity index (χ1v) is 15.1. The smallest absolute Gasteiger partial charge is 0.251 e. The van der Waals surface area contributed by atoms with Crippen LogP contribution in [0.2, 0.25) is 5.02 Å². The van der Waals surface area contributed by atoms with Crippen LogP contribution in [0.4, 0.5) is 13.2 Å². The number of carbonyl (C=O) groups excluding carboxylic acids is 2. The summed E-state index contributed by atoms with van der Waals surface area (Å²) in [4.78, 5) is 30.1. The monoisotopic (exact) mass is 657 g/mol. The lowest BCUT2D eigenvalue weighted by molar-refractivity contribution is -0.117. The lowest BCUT2D eigenvalue weighted by Crippen LogP contribution is -2.43. The molecule has 1 atom stereocenters. The molecule has 242 valence electrons. The number of benzene rings is 2. The van der Waals surface area contributed by atoms with E-state index in [2.05, 4.69) is 15.4 Å². The van der Waals surface area contributed by atoms with E-state index in [1.54, 1.807) is 13.0 Å². The molecular formula is C32H31ClF3N5O5. The van der Waals surface area contributed by atoms with Gasteiger partial charge in [0.1, 0.15) is 39.9 Å². The van der Waals surface area contributed by atoms with E-state index in [4.69, 9.17) is 26.8 Å². The summed E-state index contributed by atoms with van der Waals surface area (Å²) in [6.45, 7) is 1.47. The van der Waals surface area contributed by atoms with Gasteiger partial charge in [-0.05, 0) is 49.9 Å². The minimum atomic E-state index is -1.77. The molecule has 2 amide bonds. The van der Waals surface area contributed by atoms with Crippen molar-refractivity contribution in [3.63, 3.8) is 0 Å². The van der Waals surface area contributed by atoms with Gasteiger partial charge in [-0.25, -0.2) is 22.8 Å². The first-order chi connectivity index (χ1) is 21.9. The van der Waals surface area contributed by atoms with Gasteiger partial charge in [-0.1, -0.05) is 11.6 Å². The van der Waals surface area contributed by atoms with E-state index in [1.807, 2.05) is 0 Å². The van der Waals surface area contributed by atoms with Crippen LogP contribution in [-0.2, 0) is 22.6 Å². The first kappa shape index (κ1) is 31.6. The molecule has 2 saturated carbocycles. The Hall–Kier alpha value is -4.36. The normalized spacial score (nSPS) is 16.6. The average molecular weight is 658 g/mol. The molecule has 2 aliphatic carbocycles. The van der Waals surface area contributed by atoms with Gasteiger partial charge < -0.3 is 25.6 Å². The third-order valence-corrected chi connectivity index (χ3v) is 8.60. The molecule has 0 bridgehead atoms. The molecule has 0 aliphatic heterocycles. The summed E-state index contributed by atoms with van der Waals surface area (Å²) in [5.41, 5.74) is 4.24. The third-order valence-electron chi connectivity index (χ3n) is 8.31. The Morgan fingerprint density at radius 1 is 1.20 bits per heavy atom. The van der Waals surface area contributed by atoms with Crippen molar-refractivity contribution in [2.75, 3.05) is 20.3 Å². The highest BCUT2D eigenvalue weighted by molar-refractivity contribution is 6.31. The molecule has 6 rings (SSSR count). The van der Waals surface area contributed by atoms with Crippen molar-refractivity contribution in [2.24, 2.45) is 11.7 Å². The van der Waals surface area contributed by atoms with Crippen LogP contribution in [-0.4, -0.2) is 51.9 Å². The summed E-state index contributed by atoms with van der Waals surface area (Å²) in [6, 6.07) is 6.13. The number of nitrogens with zero attached hydrogens (tertiary/aromatic N) is 3. The molecule has 14 heteroatoms. The van der Waals surface area contributed by atoms with Crippen LogP contribution in [0.15, 0.2) is 36.5 Å². The van der Waals surface area contributed by atoms with Gasteiger partial charge in [-0.2, -0.15) is 5.10 Å². The van der Waals surface area contributed by atoms with Gasteiger partial charge in [-0.3, -0.25) is 9.59 Å². The van der Waals surface area contributed by atoms with Crippen molar-refractivity contribution in [3.8, 4) is 22.8 Å². The van der Waals surface area contributed by atoms with E-state index < -0.39 is 34.8 Å². The topological polar surface area (TPSA) is 142 Å². The van der Waals surface area contributed by atoms with Gasteiger partial charge in [0.05, 0.1) is 37.4 Å². The second-order valence-corrected chi connectivity index (χ2v) is 12.1. The van der Waals surface area contributed by atoms with Gasteiger partial charge in [0.15, 0.2) is 0 Å². The summed E-state index contributed by atoms with van der Waals surface area (Å²) in [6.07, 6.45) is 3.08. The maximum absolute atomic E-state index is 15.2. The van der Waals surface area contributed by atoms with Crippen molar-refractivity contribution in [2.45, 2.75) is 50.4 Å². The number of amides is 2. The molecule has 0 saturated heterocycles. The average Bonchev–Trinajstić information content (AvgIpc) is 3.95. The number of aromatic nitrogens is 3. The number of hydrogen-bond donors (Lipinski definition) is 3. The molecule has 2 aromatic heterocycles. The maximum atomic E-state index is 15.2. The molecule has 0 radical (unpaired) electrons. The van der Waals surface area contributed by atoms with Crippen molar-refractivity contribution in [1.29, 1.82) is 0 Å². The Balaban J connectivity index is 1.38. The largest absolute Gasteiger partial charge is 0.494 e. The molecule has 0 unspecified atom stereocenters. The van der Waals surface area contributed by atoms with Gasteiger partial charge in [-0.15, -0.1) is 0 Å². The van der Waals surface area contributed by atoms with E-state index in [-0.39, 0.29) is 70.1 Å². The highest BCUT2D eigenvalue weighted by Gasteiger charge is 2.48. The Morgan fingerprint density at radius 2 is 1.93 bits per heavy atom. The maximum Gasteiger partial charge on any atom is 0.251 e. The van der Waals surface area contributed by atoms with Crippen LogP contribution in [0.5, 0.6) is 11.5 Å². The SMILES string of the molecule is CCOc1c(CC(N)=O)cc([C@@](O)(CNC(=O)c2cc(OC)c3nn(C4(F)CC4)cc3c2)C2CC2)nc1-c1cc(Cl)c(F)cc1F. The van der Waals surface area contributed by atoms with Crippen LogP contribution in [0.1, 0.15) is 54.2 Å². The summed E-state index contributed by atoms with van der Waals surface area (Å²) >= 11 is 5.99. The predicted molar refractivity (Wildman–Crippen MR) is 162 cm³/mol. The molecule has 2 aromatic carbocycles. The van der Waals surface area contributed by atoms with Crippen molar-refractivity contribution in [3.05, 3.63) is 70.0 Å². The fourth-order valence-corrected chi connectivity index (χ4v) is 5.73. The zero-order valence-corrected chi connectivity index (χ0v) is 25.8. The van der Waals surface area contributed by atoms with Gasteiger partial charge in [0.25, 0.3) is 5.91 Å². The molecule has 4 N–H and O–H groups in total. The number of pyridine rings is 1. The molecule has 0 spiro atoms. The number of primary amides is 1. The second-order valence-electron chi connectivity index (χ2n) is 11.7. The van der Waals surface area contributed by atoms with Crippen molar-refractivity contribution < 1.29 is 37.3 Å². The summed E-state index contributed by atoms with van der Waals surface area (Å²) < 4.78 is 56.4. The zero-order valence-electron chi connectivity index (χ0n) is 25.0. The van der Waals surface area contributed by atoms with Crippen LogP contribution in [0, 0.1) is 17.6 Å². The number of ether oxygens (including phenoxy) is 2. The highest BCUT2D eigenvalue weighted by Crippen LogP contribution is 2.48.